The largest absolute Gasteiger partial charge is 0.483 e. The molecule has 0 rings (SSSR count). The second-order valence-electron chi connectivity index (χ2n) is 3.31. The molecule has 15 heavy (non-hydrogen) atoms. The molecule has 0 heterocycles. The molecule has 1 unspecified atom stereocenters. The van der Waals surface area contributed by atoms with E-state index in [4.69, 9.17) is 4.74 Å². The van der Waals surface area contributed by atoms with Crippen molar-refractivity contribution < 1.29 is 9.53 Å². The van der Waals surface area contributed by atoms with Crippen LogP contribution in [-0.4, -0.2) is 11.9 Å². The highest BCUT2D eigenvalue weighted by Gasteiger charge is 2.14. The van der Waals surface area contributed by atoms with Gasteiger partial charge in [0, 0.05) is 0 Å². The van der Waals surface area contributed by atoms with E-state index in [1.54, 1.807) is 19.1 Å². The van der Waals surface area contributed by atoms with E-state index in [1.807, 2.05) is 26.0 Å². The minimum atomic E-state index is -0.336. The summed E-state index contributed by atoms with van der Waals surface area (Å²) in [6.07, 6.45) is 8.45. The molecule has 0 aromatic rings. The molecule has 0 fully saturated rings. The zero-order valence-corrected chi connectivity index (χ0v) is 9.82. The summed E-state index contributed by atoms with van der Waals surface area (Å²) >= 11 is 0. The first-order valence-electron chi connectivity index (χ1n) is 5.28. The van der Waals surface area contributed by atoms with Crippen molar-refractivity contribution in [1.82, 2.24) is 0 Å². The molecule has 0 amide bonds. The third-order valence-electron chi connectivity index (χ3n) is 1.90. The first-order valence-corrected chi connectivity index (χ1v) is 5.28. The molecule has 0 aliphatic carbocycles. The number of rotatable bonds is 7. The van der Waals surface area contributed by atoms with Crippen molar-refractivity contribution >= 4 is 5.78 Å². The van der Waals surface area contributed by atoms with E-state index in [0.29, 0.717) is 5.76 Å². The molecule has 0 radical (unpaired) electrons. The number of Topliss-reactive ketones (excluding diaryl/α,β-unsaturated/α-hetero) is 1. The fourth-order valence-electron chi connectivity index (χ4n) is 1.19. The van der Waals surface area contributed by atoms with Gasteiger partial charge in [0.1, 0.15) is 5.76 Å². The number of carbonyl (C=O) groups excluding carboxylic acids is 1. The van der Waals surface area contributed by atoms with E-state index in [9.17, 15) is 4.79 Å². The van der Waals surface area contributed by atoms with Gasteiger partial charge in [0.05, 0.1) is 0 Å². The highest BCUT2D eigenvalue weighted by molar-refractivity contribution is 5.80. The molecule has 0 N–H and O–H groups in total. The van der Waals surface area contributed by atoms with Crippen LogP contribution in [0.4, 0.5) is 0 Å². The lowest BCUT2D eigenvalue weighted by Gasteiger charge is -2.16. The van der Waals surface area contributed by atoms with Crippen molar-refractivity contribution in [3.8, 4) is 0 Å². The number of hydrogen-bond donors (Lipinski definition) is 0. The average Bonchev–Trinajstić information content (AvgIpc) is 2.17. The molecule has 2 heteroatoms. The number of ether oxygens (including phenoxy) is 1. The number of ketones is 1. The molecular weight excluding hydrogens is 188 g/mol. The summed E-state index contributed by atoms with van der Waals surface area (Å²) in [6, 6.07) is 0. The summed E-state index contributed by atoms with van der Waals surface area (Å²) in [7, 11) is 0. The smallest absolute Gasteiger partial charge is 0.170 e. The summed E-state index contributed by atoms with van der Waals surface area (Å²) < 4.78 is 5.59. The van der Waals surface area contributed by atoms with Gasteiger partial charge in [-0.1, -0.05) is 32.1 Å². The maximum absolute atomic E-state index is 11.3. The molecule has 0 aromatic heterocycles. The summed E-state index contributed by atoms with van der Waals surface area (Å²) in [4.78, 5) is 11.3. The minimum absolute atomic E-state index is 0.0660. The maximum Gasteiger partial charge on any atom is 0.170 e. The molecule has 1 atom stereocenters. The summed E-state index contributed by atoms with van der Waals surface area (Å²) in [5.41, 5.74) is 0. The van der Waals surface area contributed by atoms with Gasteiger partial charge in [-0.15, -0.1) is 0 Å². The summed E-state index contributed by atoms with van der Waals surface area (Å²) in [5.74, 6) is 0.748. The number of hydrogen-bond acceptors (Lipinski definition) is 2. The van der Waals surface area contributed by atoms with Crippen molar-refractivity contribution in [3.05, 3.63) is 36.6 Å². The lowest BCUT2D eigenvalue weighted by atomic mass is 10.1. The summed E-state index contributed by atoms with van der Waals surface area (Å²) in [5, 5.41) is 0. The van der Waals surface area contributed by atoms with Crippen molar-refractivity contribution in [1.29, 1.82) is 0 Å². The predicted octanol–water partition coefficient (Wildman–Crippen LogP) is 3.41. The van der Waals surface area contributed by atoms with Gasteiger partial charge in [-0.3, -0.25) is 4.79 Å². The van der Waals surface area contributed by atoms with Crippen LogP contribution in [0.3, 0.4) is 0 Å². The molecule has 0 aliphatic rings. The normalized spacial score (nSPS) is 13.9. The predicted molar refractivity (Wildman–Crippen MR) is 63.6 cm³/mol. The van der Waals surface area contributed by atoms with Crippen LogP contribution in [-0.2, 0) is 9.53 Å². The van der Waals surface area contributed by atoms with Crippen molar-refractivity contribution in [2.24, 2.45) is 0 Å². The highest BCUT2D eigenvalue weighted by atomic mass is 16.5. The third kappa shape index (κ3) is 5.89. The van der Waals surface area contributed by atoms with E-state index in [1.165, 1.54) is 0 Å². The SMILES string of the molecule is C=C/C=C(\C=C/C)OC(CCC)C(C)=O. The fraction of sp³-hybridized carbons (Fsp3) is 0.462. The first-order chi connectivity index (χ1) is 7.15. The van der Waals surface area contributed by atoms with Crippen LogP contribution in [0.15, 0.2) is 36.6 Å². The van der Waals surface area contributed by atoms with Crippen LogP contribution in [0, 0.1) is 0 Å². The van der Waals surface area contributed by atoms with Crippen molar-refractivity contribution in [2.45, 2.75) is 39.7 Å². The standard InChI is InChI=1S/C13H20O2/c1-5-8-12(9-6-2)15-13(10-7-3)11(4)14/h5-6,8-9,13H,1,7,10H2,2-4H3/b9-6-,12-8+. The molecule has 0 aromatic carbocycles. The Bertz CT molecular complexity index is 262. The Hall–Kier alpha value is -1.31. The lowest BCUT2D eigenvalue weighted by molar-refractivity contribution is -0.126. The fourth-order valence-corrected chi connectivity index (χ4v) is 1.19. The van der Waals surface area contributed by atoms with E-state index in [2.05, 4.69) is 6.58 Å². The molecule has 84 valence electrons. The number of allylic oxidation sites excluding steroid dienone is 4. The zero-order chi connectivity index (χ0) is 11.7. The highest BCUT2D eigenvalue weighted by Crippen LogP contribution is 2.11. The van der Waals surface area contributed by atoms with Crippen LogP contribution >= 0.6 is 0 Å². The van der Waals surface area contributed by atoms with Crippen LogP contribution in [0.1, 0.15) is 33.6 Å². The van der Waals surface area contributed by atoms with Crippen LogP contribution in [0.2, 0.25) is 0 Å². The molecule has 0 bridgehead atoms. The lowest BCUT2D eigenvalue weighted by Crippen LogP contribution is -2.20. The maximum atomic E-state index is 11.3. The van der Waals surface area contributed by atoms with Gasteiger partial charge < -0.3 is 4.74 Å². The Balaban J connectivity index is 4.53. The second-order valence-corrected chi connectivity index (χ2v) is 3.31. The van der Waals surface area contributed by atoms with Gasteiger partial charge in [-0.25, -0.2) is 0 Å². The van der Waals surface area contributed by atoms with Crippen molar-refractivity contribution in [3.63, 3.8) is 0 Å². The number of carbonyl (C=O) groups is 1. The quantitative estimate of drug-likeness (QED) is 0.473. The van der Waals surface area contributed by atoms with Gasteiger partial charge in [-0.2, -0.15) is 0 Å². The van der Waals surface area contributed by atoms with Crippen LogP contribution in [0.5, 0.6) is 0 Å². The topological polar surface area (TPSA) is 26.3 Å². The Morgan fingerprint density at radius 3 is 2.60 bits per heavy atom. The Labute approximate surface area is 92.3 Å². The van der Waals surface area contributed by atoms with Gasteiger partial charge >= 0.3 is 0 Å². The third-order valence-corrected chi connectivity index (χ3v) is 1.90. The van der Waals surface area contributed by atoms with E-state index < -0.39 is 0 Å². The molecule has 0 saturated carbocycles. The first kappa shape index (κ1) is 13.7. The second kappa shape index (κ2) is 8.04. The molecule has 0 saturated heterocycles. The zero-order valence-electron chi connectivity index (χ0n) is 9.82. The molecular formula is C13H20O2. The average molecular weight is 208 g/mol. The van der Waals surface area contributed by atoms with Gasteiger partial charge in [0.2, 0.25) is 0 Å². The molecule has 0 aliphatic heterocycles. The Morgan fingerprint density at radius 2 is 2.20 bits per heavy atom. The minimum Gasteiger partial charge on any atom is -0.483 e. The van der Waals surface area contributed by atoms with E-state index in [0.717, 1.165) is 12.8 Å². The Kier molecular flexibility index (Phi) is 7.33. The monoisotopic (exact) mass is 208 g/mol. The van der Waals surface area contributed by atoms with Gasteiger partial charge in [0.25, 0.3) is 0 Å². The molecule has 2 nitrogen and oxygen atoms in total. The van der Waals surface area contributed by atoms with Crippen molar-refractivity contribution in [2.75, 3.05) is 0 Å². The van der Waals surface area contributed by atoms with Gasteiger partial charge in [0.15, 0.2) is 11.9 Å². The van der Waals surface area contributed by atoms with Crippen LogP contribution in [0.25, 0.3) is 0 Å². The van der Waals surface area contributed by atoms with Crippen LogP contribution < -0.4 is 0 Å². The van der Waals surface area contributed by atoms with E-state index in [-0.39, 0.29) is 11.9 Å². The summed E-state index contributed by atoms with van der Waals surface area (Å²) in [6.45, 7) is 9.10. The molecule has 0 spiro atoms. The van der Waals surface area contributed by atoms with Gasteiger partial charge in [-0.05, 0) is 32.4 Å². The Morgan fingerprint density at radius 1 is 1.53 bits per heavy atom. The van der Waals surface area contributed by atoms with E-state index >= 15 is 0 Å².